The maximum absolute atomic E-state index is 12.3. The van der Waals surface area contributed by atoms with Gasteiger partial charge in [-0.25, -0.2) is 0 Å². The zero-order valence-corrected chi connectivity index (χ0v) is 14.9. The van der Waals surface area contributed by atoms with E-state index >= 15 is 0 Å². The molecule has 6 heteroatoms. The number of carbonyl (C=O) groups excluding carboxylic acids is 2. The average molecular weight is 361 g/mol. The predicted molar refractivity (Wildman–Crippen MR) is 103 cm³/mol. The van der Waals surface area contributed by atoms with Crippen LogP contribution in [-0.2, 0) is 0 Å². The third kappa shape index (κ3) is 3.10. The second-order valence-electron chi connectivity index (χ2n) is 6.51. The van der Waals surface area contributed by atoms with Crippen molar-refractivity contribution < 1.29 is 14.3 Å². The van der Waals surface area contributed by atoms with Crippen molar-refractivity contribution in [1.29, 1.82) is 0 Å². The van der Waals surface area contributed by atoms with E-state index in [1.807, 2.05) is 37.3 Å². The topological polar surface area (TPSA) is 85.0 Å². The monoisotopic (exact) mass is 361 g/mol. The first-order valence-corrected chi connectivity index (χ1v) is 8.79. The number of ether oxygens (including phenoxy) is 1. The number of carbonyl (C=O) groups is 2. The molecular weight excluding hydrogens is 342 g/mol. The van der Waals surface area contributed by atoms with Crippen LogP contribution >= 0.6 is 0 Å². The van der Waals surface area contributed by atoms with E-state index in [1.165, 1.54) is 4.90 Å². The normalized spacial score (nSPS) is 18.3. The minimum Gasteiger partial charge on any atom is -0.486 e. The Morgan fingerprint density at radius 3 is 2.56 bits per heavy atom. The summed E-state index contributed by atoms with van der Waals surface area (Å²) in [5.74, 6) is 0.609. The molecule has 0 spiro atoms. The van der Waals surface area contributed by atoms with E-state index < -0.39 is 0 Å². The number of benzene rings is 2. The van der Waals surface area contributed by atoms with Crippen molar-refractivity contribution >= 4 is 23.7 Å². The number of imide groups is 1. The smallest absolute Gasteiger partial charge is 0.261 e. The molecule has 2 N–H and O–H groups in total. The van der Waals surface area contributed by atoms with Gasteiger partial charge in [0.1, 0.15) is 17.7 Å². The average Bonchev–Trinajstić information content (AvgIpc) is 2.92. The molecule has 0 fully saturated rings. The van der Waals surface area contributed by atoms with Gasteiger partial charge in [-0.2, -0.15) is 0 Å². The summed E-state index contributed by atoms with van der Waals surface area (Å²) in [6.45, 7) is 2.42. The lowest BCUT2D eigenvalue weighted by molar-refractivity contribution is 0.0659. The van der Waals surface area contributed by atoms with Crippen LogP contribution in [0.3, 0.4) is 0 Å². The number of hydrogen-bond acceptors (Lipinski definition) is 4. The number of nitrogens with two attached hydrogens (primary N) is 1. The van der Waals surface area contributed by atoms with E-state index in [4.69, 9.17) is 10.5 Å². The number of fused-ring (bicyclic) bond motifs is 2. The van der Waals surface area contributed by atoms with Crippen molar-refractivity contribution in [3.8, 4) is 5.75 Å². The maximum Gasteiger partial charge on any atom is 0.261 e. The van der Waals surface area contributed by atoms with Gasteiger partial charge in [-0.1, -0.05) is 18.2 Å². The van der Waals surface area contributed by atoms with Crippen LogP contribution in [0.2, 0.25) is 0 Å². The second-order valence-corrected chi connectivity index (χ2v) is 6.51. The lowest BCUT2D eigenvalue weighted by Gasteiger charge is -2.18. The Morgan fingerprint density at radius 2 is 1.85 bits per heavy atom. The molecule has 0 bridgehead atoms. The molecule has 0 saturated carbocycles. The Labute approximate surface area is 157 Å². The van der Waals surface area contributed by atoms with Gasteiger partial charge in [0.05, 0.1) is 17.7 Å². The van der Waals surface area contributed by atoms with Crippen molar-refractivity contribution in [1.82, 2.24) is 4.90 Å². The van der Waals surface area contributed by atoms with E-state index in [-0.39, 0.29) is 31.0 Å². The van der Waals surface area contributed by atoms with Crippen LogP contribution in [0.25, 0.3) is 6.08 Å². The van der Waals surface area contributed by atoms with Crippen LogP contribution < -0.4 is 10.5 Å². The number of amides is 2. The van der Waals surface area contributed by atoms with E-state index in [0.717, 1.165) is 16.9 Å². The molecule has 6 nitrogen and oxygen atoms in total. The quantitative estimate of drug-likeness (QED) is 0.515. The molecule has 2 aliphatic rings. The Bertz CT molecular complexity index is 959. The summed E-state index contributed by atoms with van der Waals surface area (Å²) in [5.41, 5.74) is 8.70. The van der Waals surface area contributed by atoms with Crippen molar-refractivity contribution in [2.45, 2.75) is 13.0 Å². The Kier molecular flexibility index (Phi) is 4.24. The standard InChI is InChI=1S/C21H19N3O3/c1-13-6-7-14-12-15(8-9-18(14)27-13)19(22)23-10-11-24-20(25)16-4-2-3-5-17(16)21(24)26/h2-9,12-13H,10-11H2,1H3,(H2,22,23). The molecule has 2 aromatic rings. The third-order valence-electron chi connectivity index (χ3n) is 4.65. The van der Waals surface area contributed by atoms with Crippen LogP contribution in [0.15, 0.2) is 53.5 Å². The lowest BCUT2D eigenvalue weighted by atomic mass is 10.1. The summed E-state index contributed by atoms with van der Waals surface area (Å²) in [6.07, 6.45) is 4.02. The molecule has 4 rings (SSSR count). The summed E-state index contributed by atoms with van der Waals surface area (Å²) >= 11 is 0. The van der Waals surface area contributed by atoms with Crippen LogP contribution in [-0.4, -0.2) is 41.7 Å². The highest BCUT2D eigenvalue weighted by atomic mass is 16.5. The van der Waals surface area contributed by atoms with Crippen LogP contribution in [0, 0.1) is 0 Å². The van der Waals surface area contributed by atoms with Gasteiger partial charge in [0.25, 0.3) is 11.8 Å². The highest BCUT2D eigenvalue weighted by Gasteiger charge is 2.34. The molecule has 1 atom stereocenters. The summed E-state index contributed by atoms with van der Waals surface area (Å²) in [5, 5.41) is 0. The van der Waals surface area contributed by atoms with E-state index in [0.29, 0.717) is 17.0 Å². The molecule has 2 aliphatic heterocycles. The molecule has 1 unspecified atom stereocenters. The Hall–Kier alpha value is -3.41. The molecule has 27 heavy (non-hydrogen) atoms. The van der Waals surface area contributed by atoms with Crippen molar-refractivity contribution in [2.24, 2.45) is 10.7 Å². The zero-order valence-electron chi connectivity index (χ0n) is 14.9. The lowest BCUT2D eigenvalue weighted by Crippen LogP contribution is -2.32. The van der Waals surface area contributed by atoms with Gasteiger partial charge in [0, 0.05) is 17.7 Å². The van der Waals surface area contributed by atoms with Crippen LogP contribution in [0.4, 0.5) is 0 Å². The fourth-order valence-corrected chi connectivity index (χ4v) is 3.23. The fourth-order valence-electron chi connectivity index (χ4n) is 3.23. The number of amidine groups is 1. The first kappa shape index (κ1) is 17.0. The van der Waals surface area contributed by atoms with Gasteiger partial charge in [-0.15, -0.1) is 0 Å². The van der Waals surface area contributed by atoms with Crippen LogP contribution in [0.1, 0.15) is 38.8 Å². The van der Waals surface area contributed by atoms with Crippen molar-refractivity contribution in [3.63, 3.8) is 0 Å². The van der Waals surface area contributed by atoms with Gasteiger partial charge >= 0.3 is 0 Å². The molecule has 2 amide bonds. The van der Waals surface area contributed by atoms with E-state index in [9.17, 15) is 9.59 Å². The number of hydrogen-bond donors (Lipinski definition) is 1. The number of nitrogens with zero attached hydrogens (tertiary/aromatic N) is 2. The van der Waals surface area contributed by atoms with E-state index in [1.54, 1.807) is 24.3 Å². The maximum atomic E-state index is 12.3. The van der Waals surface area contributed by atoms with Gasteiger partial charge in [-0.3, -0.25) is 19.5 Å². The fraction of sp³-hybridized carbons (Fsp3) is 0.190. The molecule has 0 radical (unpaired) electrons. The molecule has 2 aromatic carbocycles. The summed E-state index contributed by atoms with van der Waals surface area (Å²) in [4.78, 5) is 30.2. The Balaban J connectivity index is 1.45. The molecule has 0 aliphatic carbocycles. The molecular formula is C21H19N3O3. The SMILES string of the molecule is CC1C=Cc2cc(C(N)=NCCN3C(=O)c4ccccc4C3=O)ccc2O1. The zero-order chi connectivity index (χ0) is 19.0. The first-order chi connectivity index (χ1) is 13.0. The number of rotatable bonds is 4. The third-order valence-corrected chi connectivity index (χ3v) is 4.65. The predicted octanol–water partition coefficient (Wildman–Crippen LogP) is 2.48. The second kappa shape index (κ2) is 6.72. The summed E-state index contributed by atoms with van der Waals surface area (Å²) in [7, 11) is 0. The van der Waals surface area contributed by atoms with Gasteiger partial charge in [-0.05, 0) is 43.3 Å². The highest BCUT2D eigenvalue weighted by Crippen LogP contribution is 2.27. The minimum absolute atomic E-state index is 0.0500. The highest BCUT2D eigenvalue weighted by molar-refractivity contribution is 6.21. The van der Waals surface area contributed by atoms with Gasteiger partial charge in [0.15, 0.2) is 0 Å². The first-order valence-electron chi connectivity index (χ1n) is 8.79. The molecule has 2 heterocycles. The Morgan fingerprint density at radius 1 is 1.15 bits per heavy atom. The largest absolute Gasteiger partial charge is 0.486 e. The van der Waals surface area contributed by atoms with Gasteiger partial charge in [0.2, 0.25) is 0 Å². The van der Waals surface area contributed by atoms with E-state index in [2.05, 4.69) is 4.99 Å². The van der Waals surface area contributed by atoms with Gasteiger partial charge < -0.3 is 10.5 Å². The molecule has 136 valence electrons. The van der Waals surface area contributed by atoms with Crippen LogP contribution in [0.5, 0.6) is 5.75 Å². The summed E-state index contributed by atoms with van der Waals surface area (Å²) < 4.78 is 5.72. The number of aliphatic imine (C=N–C) groups is 1. The van der Waals surface area contributed by atoms with Crippen molar-refractivity contribution in [2.75, 3.05) is 13.1 Å². The summed E-state index contributed by atoms with van der Waals surface area (Å²) in [6, 6.07) is 12.5. The molecule has 0 aromatic heterocycles. The molecule has 0 saturated heterocycles. The van der Waals surface area contributed by atoms with Crippen molar-refractivity contribution in [3.05, 3.63) is 70.8 Å². The minimum atomic E-state index is -0.283.